The van der Waals surface area contributed by atoms with Gasteiger partial charge in [0.05, 0.1) is 11.6 Å². The van der Waals surface area contributed by atoms with Crippen LogP contribution in [0, 0.1) is 13.8 Å². The van der Waals surface area contributed by atoms with Crippen molar-refractivity contribution in [2.24, 2.45) is 0 Å². The van der Waals surface area contributed by atoms with Gasteiger partial charge in [-0.25, -0.2) is 0 Å². The minimum Gasteiger partial charge on any atom is -0.377 e. The second-order valence-electron chi connectivity index (χ2n) is 6.59. The fourth-order valence-corrected chi connectivity index (χ4v) is 3.13. The minimum atomic E-state index is -0.131. The Morgan fingerprint density at radius 1 is 1.38 bits per heavy atom. The third kappa shape index (κ3) is 3.53. The van der Waals surface area contributed by atoms with Gasteiger partial charge in [0, 0.05) is 19.2 Å². The van der Waals surface area contributed by atoms with Gasteiger partial charge in [0.25, 0.3) is 0 Å². The molecule has 0 radical (unpaired) electrons. The van der Waals surface area contributed by atoms with Crippen LogP contribution in [0.4, 0.5) is 0 Å². The molecule has 3 heteroatoms. The van der Waals surface area contributed by atoms with Crippen molar-refractivity contribution in [1.82, 2.24) is 4.90 Å². The van der Waals surface area contributed by atoms with E-state index in [1.807, 2.05) is 32.9 Å². The van der Waals surface area contributed by atoms with Crippen molar-refractivity contribution in [3.8, 4) is 0 Å². The largest absolute Gasteiger partial charge is 0.377 e. The first kappa shape index (κ1) is 16.2. The number of carbonyl (C=O) groups is 1. The number of hydrogen-bond donors (Lipinski definition) is 0. The summed E-state index contributed by atoms with van der Waals surface area (Å²) in [6.45, 7) is 9.98. The molecule has 0 aliphatic carbocycles. The molecular formula is C18H27NO2. The molecule has 2 atom stereocenters. The molecule has 1 fully saturated rings. The Balaban J connectivity index is 2.17. The molecule has 0 N–H and O–H groups in total. The van der Waals surface area contributed by atoms with Gasteiger partial charge in [-0.3, -0.25) is 9.69 Å². The minimum absolute atomic E-state index is 0.0970. The van der Waals surface area contributed by atoms with Crippen LogP contribution in [0.1, 0.15) is 48.2 Å². The van der Waals surface area contributed by atoms with Crippen molar-refractivity contribution in [3.05, 3.63) is 34.9 Å². The highest BCUT2D eigenvalue weighted by Crippen LogP contribution is 2.26. The van der Waals surface area contributed by atoms with Crippen molar-refractivity contribution in [2.75, 3.05) is 20.2 Å². The van der Waals surface area contributed by atoms with Gasteiger partial charge in [-0.1, -0.05) is 17.7 Å². The van der Waals surface area contributed by atoms with Gasteiger partial charge in [0.1, 0.15) is 0 Å². The molecule has 0 amide bonds. The molecule has 0 bridgehead atoms. The van der Waals surface area contributed by atoms with E-state index in [4.69, 9.17) is 4.74 Å². The molecule has 116 valence electrons. The molecule has 1 aromatic rings. The highest BCUT2D eigenvalue weighted by atomic mass is 16.5. The lowest BCUT2D eigenvalue weighted by molar-refractivity contribution is -0.0563. The van der Waals surface area contributed by atoms with Crippen LogP contribution in [0.25, 0.3) is 0 Å². The molecule has 2 unspecified atom stereocenters. The van der Waals surface area contributed by atoms with E-state index >= 15 is 0 Å². The van der Waals surface area contributed by atoms with E-state index in [1.165, 1.54) is 0 Å². The number of hydrogen-bond acceptors (Lipinski definition) is 3. The molecule has 1 aromatic carbocycles. The highest BCUT2D eigenvalue weighted by Gasteiger charge is 2.35. The van der Waals surface area contributed by atoms with Crippen LogP contribution < -0.4 is 0 Å². The number of aryl methyl sites for hydroxylation is 2. The summed E-state index contributed by atoms with van der Waals surface area (Å²) in [6.07, 6.45) is 2.14. The molecular weight excluding hydrogens is 262 g/mol. The van der Waals surface area contributed by atoms with Gasteiger partial charge in [-0.15, -0.1) is 0 Å². The van der Waals surface area contributed by atoms with Crippen LogP contribution in [0.5, 0.6) is 0 Å². The van der Waals surface area contributed by atoms with Crippen molar-refractivity contribution >= 4 is 5.78 Å². The summed E-state index contributed by atoms with van der Waals surface area (Å²) in [5.74, 6) is 0.219. The molecule has 0 saturated carbocycles. The molecule has 1 heterocycles. The molecule has 1 aliphatic rings. The van der Waals surface area contributed by atoms with E-state index < -0.39 is 0 Å². The maximum atomic E-state index is 12.8. The van der Waals surface area contributed by atoms with E-state index in [-0.39, 0.29) is 17.4 Å². The fraction of sp³-hybridized carbons (Fsp3) is 0.611. The number of ketones is 1. The molecule has 21 heavy (non-hydrogen) atoms. The predicted molar refractivity (Wildman–Crippen MR) is 85.9 cm³/mol. The molecule has 1 aliphatic heterocycles. The zero-order chi connectivity index (χ0) is 15.6. The Kier molecular flexibility index (Phi) is 4.84. The summed E-state index contributed by atoms with van der Waals surface area (Å²) in [7, 11) is 1.76. The second-order valence-corrected chi connectivity index (χ2v) is 6.59. The van der Waals surface area contributed by atoms with Crippen molar-refractivity contribution in [3.63, 3.8) is 0 Å². The summed E-state index contributed by atoms with van der Waals surface area (Å²) in [6, 6.07) is 6.00. The number of benzene rings is 1. The number of Topliss-reactive ketones (excluding diaryl/α,β-unsaturated/α-hetero) is 1. The van der Waals surface area contributed by atoms with Crippen molar-refractivity contribution in [2.45, 2.75) is 52.2 Å². The van der Waals surface area contributed by atoms with Crippen molar-refractivity contribution < 1.29 is 9.53 Å². The number of nitrogens with zero attached hydrogens (tertiary/aromatic N) is 1. The lowest BCUT2D eigenvalue weighted by Crippen LogP contribution is -2.52. The average Bonchev–Trinajstić information content (AvgIpc) is 2.48. The molecule has 2 rings (SSSR count). The Morgan fingerprint density at radius 3 is 2.76 bits per heavy atom. The number of likely N-dealkylation sites (tertiary alicyclic amines) is 1. The Bertz CT molecular complexity index is 526. The van der Waals surface area contributed by atoms with Gasteiger partial charge in [-0.2, -0.15) is 0 Å². The molecule has 3 nitrogen and oxygen atoms in total. The first-order chi connectivity index (χ1) is 9.86. The van der Waals surface area contributed by atoms with Crippen LogP contribution in [-0.4, -0.2) is 42.5 Å². The fourth-order valence-electron chi connectivity index (χ4n) is 3.13. The topological polar surface area (TPSA) is 29.5 Å². The Morgan fingerprint density at radius 2 is 2.10 bits per heavy atom. The quantitative estimate of drug-likeness (QED) is 0.796. The first-order valence-corrected chi connectivity index (χ1v) is 7.77. The maximum Gasteiger partial charge on any atom is 0.179 e. The third-order valence-corrected chi connectivity index (χ3v) is 4.77. The number of methoxy groups -OCH3 is 1. The summed E-state index contributed by atoms with van der Waals surface area (Å²) in [5.41, 5.74) is 2.92. The lowest BCUT2D eigenvalue weighted by Gasteiger charge is -2.41. The predicted octanol–water partition coefficient (Wildman–Crippen LogP) is 3.38. The summed E-state index contributed by atoms with van der Waals surface area (Å²) in [4.78, 5) is 15.1. The standard InChI is InChI=1S/C18H27NO2/c1-13-7-8-14(2)16(11-13)17(20)15(3)19-10-6-9-18(4,12-19)21-5/h7-8,11,15H,6,9-10,12H2,1-5H3. The zero-order valence-corrected chi connectivity index (χ0v) is 13.9. The van der Waals surface area contributed by atoms with Crippen LogP contribution in [0.2, 0.25) is 0 Å². The van der Waals surface area contributed by atoms with E-state index in [1.54, 1.807) is 7.11 Å². The summed E-state index contributed by atoms with van der Waals surface area (Å²) in [5, 5.41) is 0. The summed E-state index contributed by atoms with van der Waals surface area (Å²) >= 11 is 0. The van der Waals surface area contributed by atoms with Crippen LogP contribution in [0.3, 0.4) is 0 Å². The zero-order valence-electron chi connectivity index (χ0n) is 13.9. The van der Waals surface area contributed by atoms with E-state index in [0.29, 0.717) is 0 Å². The van der Waals surface area contributed by atoms with Crippen LogP contribution in [-0.2, 0) is 4.74 Å². The van der Waals surface area contributed by atoms with Gasteiger partial charge < -0.3 is 4.74 Å². The molecule has 1 saturated heterocycles. The maximum absolute atomic E-state index is 12.8. The highest BCUT2D eigenvalue weighted by molar-refractivity contribution is 6.01. The van der Waals surface area contributed by atoms with E-state index in [0.717, 1.165) is 42.6 Å². The monoisotopic (exact) mass is 289 g/mol. The smallest absolute Gasteiger partial charge is 0.179 e. The van der Waals surface area contributed by atoms with Crippen LogP contribution >= 0.6 is 0 Å². The Hall–Kier alpha value is -1.19. The third-order valence-electron chi connectivity index (χ3n) is 4.77. The van der Waals surface area contributed by atoms with Gasteiger partial charge in [0.15, 0.2) is 5.78 Å². The van der Waals surface area contributed by atoms with Gasteiger partial charge >= 0.3 is 0 Å². The van der Waals surface area contributed by atoms with Gasteiger partial charge in [-0.05, 0) is 58.7 Å². The number of carbonyl (C=O) groups excluding carboxylic acids is 1. The molecule has 0 spiro atoms. The lowest BCUT2D eigenvalue weighted by atomic mass is 9.91. The Labute approximate surface area is 128 Å². The van der Waals surface area contributed by atoms with Crippen molar-refractivity contribution in [1.29, 1.82) is 0 Å². The molecule has 0 aromatic heterocycles. The van der Waals surface area contributed by atoms with Crippen LogP contribution in [0.15, 0.2) is 18.2 Å². The van der Waals surface area contributed by atoms with E-state index in [9.17, 15) is 4.79 Å². The summed E-state index contributed by atoms with van der Waals surface area (Å²) < 4.78 is 5.63. The normalized spacial score (nSPS) is 24.8. The average molecular weight is 289 g/mol. The first-order valence-electron chi connectivity index (χ1n) is 7.77. The number of piperidine rings is 1. The second kappa shape index (κ2) is 6.29. The SMILES string of the molecule is COC1(C)CCCN(C(C)C(=O)c2cc(C)ccc2C)C1. The van der Waals surface area contributed by atoms with Gasteiger partial charge in [0.2, 0.25) is 0 Å². The van der Waals surface area contributed by atoms with E-state index in [2.05, 4.69) is 17.9 Å². The number of rotatable bonds is 4. The number of ether oxygens (including phenoxy) is 1.